The van der Waals surface area contributed by atoms with E-state index in [4.69, 9.17) is 4.74 Å². The number of ether oxygens (including phenoxy) is 1. The molecule has 0 N–H and O–H groups in total. The molecule has 0 fully saturated rings. The van der Waals surface area contributed by atoms with E-state index in [1.165, 1.54) is 32.1 Å². The van der Waals surface area contributed by atoms with Crippen LogP contribution in [0.4, 0.5) is 0 Å². The highest BCUT2D eigenvalue weighted by Gasteiger charge is 2.02. The molecule has 2 nitrogen and oxygen atoms in total. The van der Waals surface area contributed by atoms with Crippen molar-refractivity contribution in [2.24, 2.45) is 0 Å². The number of carbonyl (C=O) groups excluding carboxylic acids is 1. The van der Waals surface area contributed by atoms with Gasteiger partial charge in [0.1, 0.15) is 5.75 Å². The number of carbonyl (C=O) groups is 1. The Labute approximate surface area is 133 Å². The minimum absolute atomic E-state index is 0.0975. The molecule has 2 aromatic carbocycles. The highest BCUT2D eigenvalue weighted by atomic mass is 16.5. The number of hydrogen-bond donors (Lipinski definition) is 0. The average molecular weight is 298 g/mol. The standard InChI is InChI=1S/C20H26O2/c1-3-4-5-6-7-8-13-22-20-12-11-17-9-10-18(16(2)21)14-19(17)15-20/h9-12,14-15H,3-8,13H2,1-2H3. The third kappa shape index (κ3) is 4.87. The molecule has 22 heavy (non-hydrogen) atoms. The monoisotopic (exact) mass is 298 g/mol. The van der Waals surface area contributed by atoms with Crippen molar-refractivity contribution in [3.05, 3.63) is 42.0 Å². The molecule has 0 aromatic heterocycles. The zero-order valence-electron chi connectivity index (χ0n) is 13.7. The van der Waals surface area contributed by atoms with Gasteiger partial charge in [0.15, 0.2) is 5.78 Å². The molecule has 0 spiro atoms. The maximum absolute atomic E-state index is 11.5. The van der Waals surface area contributed by atoms with Crippen LogP contribution >= 0.6 is 0 Å². The van der Waals surface area contributed by atoms with Gasteiger partial charge in [-0.3, -0.25) is 4.79 Å². The summed E-state index contributed by atoms with van der Waals surface area (Å²) >= 11 is 0. The molecule has 2 rings (SSSR count). The van der Waals surface area contributed by atoms with Gasteiger partial charge >= 0.3 is 0 Å². The molecular formula is C20H26O2. The van der Waals surface area contributed by atoms with Gasteiger partial charge in [-0.25, -0.2) is 0 Å². The number of fused-ring (bicyclic) bond motifs is 1. The normalized spacial score (nSPS) is 10.8. The Kier molecular flexibility index (Phi) is 6.45. The van der Waals surface area contributed by atoms with Crippen LogP contribution in [0.5, 0.6) is 5.75 Å². The van der Waals surface area contributed by atoms with Crippen molar-refractivity contribution < 1.29 is 9.53 Å². The van der Waals surface area contributed by atoms with Crippen molar-refractivity contribution in [3.8, 4) is 5.75 Å². The van der Waals surface area contributed by atoms with Gasteiger partial charge in [-0.1, -0.05) is 57.2 Å². The summed E-state index contributed by atoms with van der Waals surface area (Å²) in [4.78, 5) is 11.5. The summed E-state index contributed by atoms with van der Waals surface area (Å²) in [6.07, 6.45) is 7.61. The number of ketones is 1. The largest absolute Gasteiger partial charge is 0.494 e. The lowest BCUT2D eigenvalue weighted by Gasteiger charge is -2.08. The van der Waals surface area contributed by atoms with Gasteiger partial charge in [0.2, 0.25) is 0 Å². The molecule has 0 atom stereocenters. The fourth-order valence-electron chi connectivity index (χ4n) is 2.61. The topological polar surface area (TPSA) is 26.3 Å². The van der Waals surface area contributed by atoms with Gasteiger partial charge in [0.05, 0.1) is 6.61 Å². The summed E-state index contributed by atoms with van der Waals surface area (Å²) in [5.41, 5.74) is 0.751. The summed E-state index contributed by atoms with van der Waals surface area (Å²) in [7, 11) is 0. The minimum atomic E-state index is 0.0975. The van der Waals surface area contributed by atoms with E-state index in [0.29, 0.717) is 0 Å². The quantitative estimate of drug-likeness (QED) is 0.433. The van der Waals surface area contributed by atoms with Crippen LogP contribution in [0.3, 0.4) is 0 Å². The van der Waals surface area contributed by atoms with Crippen molar-refractivity contribution in [3.63, 3.8) is 0 Å². The van der Waals surface area contributed by atoms with Gasteiger partial charge in [-0.15, -0.1) is 0 Å². The number of unbranched alkanes of at least 4 members (excludes halogenated alkanes) is 5. The Hall–Kier alpha value is -1.83. The molecular weight excluding hydrogens is 272 g/mol. The molecule has 0 bridgehead atoms. The van der Waals surface area contributed by atoms with E-state index in [0.717, 1.165) is 35.1 Å². The van der Waals surface area contributed by atoms with Crippen LogP contribution in [0.2, 0.25) is 0 Å². The lowest BCUT2D eigenvalue weighted by Crippen LogP contribution is -1.97. The Balaban J connectivity index is 1.87. The third-order valence-corrected chi connectivity index (χ3v) is 3.98. The van der Waals surface area contributed by atoms with E-state index in [-0.39, 0.29) is 5.78 Å². The number of hydrogen-bond acceptors (Lipinski definition) is 2. The fraction of sp³-hybridized carbons (Fsp3) is 0.450. The molecule has 2 heteroatoms. The molecule has 0 amide bonds. The van der Waals surface area contributed by atoms with E-state index in [1.807, 2.05) is 30.3 Å². The molecule has 0 heterocycles. The Morgan fingerprint density at radius 3 is 2.41 bits per heavy atom. The summed E-state index contributed by atoms with van der Waals surface area (Å²) in [6, 6.07) is 11.9. The van der Waals surface area contributed by atoms with Crippen molar-refractivity contribution in [2.45, 2.75) is 52.4 Å². The molecule has 118 valence electrons. The highest BCUT2D eigenvalue weighted by molar-refractivity contribution is 5.98. The van der Waals surface area contributed by atoms with Gasteiger partial charge in [0, 0.05) is 5.56 Å². The fourth-order valence-corrected chi connectivity index (χ4v) is 2.61. The maximum atomic E-state index is 11.5. The first-order valence-corrected chi connectivity index (χ1v) is 8.38. The van der Waals surface area contributed by atoms with Crippen molar-refractivity contribution >= 4 is 16.6 Å². The second kappa shape index (κ2) is 8.57. The predicted octanol–water partition coefficient (Wildman–Crippen LogP) is 5.78. The molecule has 0 aliphatic carbocycles. The zero-order chi connectivity index (χ0) is 15.8. The molecule has 0 aliphatic heterocycles. The van der Waals surface area contributed by atoms with E-state index in [9.17, 15) is 4.79 Å². The van der Waals surface area contributed by atoms with E-state index >= 15 is 0 Å². The van der Waals surface area contributed by atoms with Gasteiger partial charge in [-0.2, -0.15) is 0 Å². The molecule has 0 aliphatic rings. The zero-order valence-corrected chi connectivity index (χ0v) is 13.7. The van der Waals surface area contributed by atoms with Crippen LogP contribution < -0.4 is 4.74 Å². The van der Waals surface area contributed by atoms with Crippen molar-refractivity contribution in [1.82, 2.24) is 0 Å². The van der Waals surface area contributed by atoms with Crippen LogP contribution in [-0.2, 0) is 0 Å². The van der Waals surface area contributed by atoms with Gasteiger partial charge in [0.25, 0.3) is 0 Å². The smallest absolute Gasteiger partial charge is 0.159 e. The SMILES string of the molecule is CCCCCCCCOc1ccc2ccc(C(C)=O)cc2c1. The molecule has 0 saturated carbocycles. The van der Waals surface area contributed by atoms with Crippen LogP contribution in [0.1, 0.15) is 62.7 Å². The van der Waals surface area contributed by atoms with Crippen LogP contribution in [0.15, 0.2) is 36.4 Å². The van der Waals surface area contributed by atoms with E-state index in [1.54, 1.807) is 6.92 Å². The lowest BCUT2D eigenvalue weighted by molar-refractivity contribution is 0.101. The van der Waals surface area contributed by atoms with Crippen molar-refractivity contribution in [2.75, 3.05) is 6.61 Å². The molecule has 2 aromatic rings. The highest BCUT2D eigenvalue weighted by Crippen LogP contribution is 2.22. The van der Waals surface area contributed by atoms with Crippen LogP contribution in [0.25, 0.3) is 10.8 Å². The Morgan fingerprint density at radius 2 is 1.64 bits per heavy atom. The number of rotatable bonds is 9. The molecule has 0 unspecified atom stereocenters. The van der Waals surface area contributed by atoms with Gasteiger partial charge in [-0.05, 0) is 42.3 Å². The molecule has 0 saturated heterocycles. The summed E-state index contributed by atoms with van der Waals surface area (Å²) in [5.74, 6) is 0.988. The Bertz CT molecular complexity index is 616. The lowest BCUT2D eigenvalue weighted by atomic mass is 10.0. The molecule has 0 radical (unpaired) electrons. The summed E-state index contributed by atoms with van der Waals surface area (Å²) < 4.78 is 5.84. The summed E-state index contributed by atoms with van der Waals surface area (Å²) in [5, 5.41) is 2.20. The first-order valence-electron chi connectivity index (χ1n) is 8.38. The maximum Gasteiger partial charge on any atom is 0.159 e. The number of Topliss-reactive ketones (excluding diaryl/α,β-unsaturated/α-hetero) is 1. The second-order valence-electron chi connectivity index (χ2n) is 5.90. The third-order valence-electron chi connectivity index (χ3n) is 3.98. The van der Waals surface area contributed by atoms with Crippen LogP contribution in [0, 0.1) is 0 Å². The van der Waals surface area contributed by atoms with E-state index < -0.39 is 0 Å². The number of benzene rings is 2. The average Bonchev–Trinajstić information content (AvgIpc) is 2.53. The van der Waals surface area contributed by atoms with Gasteiger partial charge < -0.3 is 4.74 Å². The first kappa shape index (κ1) is 16.5. The van der Waals surface area contributed by atoms with Crippen LogP contribution in [-0.4, -0.2) is 12.4 Å². The second-order valence-corrected chi connectivity index (χ2v) is 5.90. The summed E-state index contributed by atoms with van der Waals surface area (Å²) in [6.45, 7) is 4.60. The first-order chi connectivity index (χ1) is 10.7. The Morgan fingerprint density at radius 1 is 0.909 bits per heavy atom. The minimum Gasteiger partial charge on any atom is -0.494 e. The van der Waals surface area contributed by atoms with E-state index in [2.05, 4.69) is 13.0 Å². The van der Waals surface area contributed by atoms with Crippen molar-refractivity contribution in [1.29, 1.82) is 0 Å². The predicted molar refractivity (Wildman–Crippen MR) is 92.8 cm³/mol.